The lowest BCUT2D eigenvalue weighted by Gasteiger charge is -2.20. The monoisotopic (exact) mass is 205 g/mol. The normalized spacial score (nSPS) is 20.9. The van der Waals surface area contributed by atoms with Gasteiger partial charge in [-0.15, -0.1) is 0 Å². The highest BCUT2D eigenvalue weighted by Gasteiger charge is 2.21. The molecule has 1 saturated heterocycles. The summed E-state index contributed by atoms with van der Waals surface area (Å²) >= 11 is 0. The second-order valence-electron chi connectivity index (χ2n) is 4.36. The SMILES string of the molecule is CC1CCN(c2ncccc2CCN)C1. The van der Waals surface area contributed by atoms with Gasteiger partial charge in [0.15, 0.2) is 0 Å². The first kappa shape index (κ1) is 10.4. The molecular weight excluding hydrogens is 186 g/mol. The Hall–Kier alpha value is -1.09. The van der Waals surface area contributed by atoms with Crippen molar-refractivity contribution in [3.05, 3.63) is 23.9 Å². The molecule has 0 amide bonds. The van der Waals surface area contributed by atoms with Crippen molar-refractivity contribution in [3.8, 4) is 0 Å². The summed E-state index contributed by atoms with van der Waals surface area (Å²) in [5, 5.41) is 0. The third-order valence-electron chi connectivity index (χ3n) is 3.00. The molecule has 2 heterocycles. The van der Waals surface area contributed by atoms with Crippen LogP contribution in [0.5, 0.6) is 0 Å². The lowest BCUT2D eigenvalue weighted by molar-refractivity contribution is 0.658. The van der Waals surface area contributed by atoms with E-state index in [0.29, 0.717) is 6.54 Å². The van der Waals surface area contributed by atoms with E-state index >= 15 is 0 Å². The molecular formula is C12H19N3. The Morgan fingerprint density at radius 1 is 1.60 bits per heavy atom. The van der Waals surface area contributed by atoms with Gasteiger partial charge in [-0.3, -0.25) is 0 Å². The first-order chi connectivity index (χ1) is 7.31. The van der Waals surface area contributed by atoms with E-state index in [2.05, 4.69) is 22.9 Å². The van der Waals surface area contributed by atoms with E-state index in [0.717, 1.165) is 31.2 Å². The highest BCUT2D eigenvalue weighted by Crippen LogP contribution is 2.24. The van der Waals surface area contributed by atoms with Gasteiger partial charge in [-0.25, -0.2) is 4.98 Å². The molecule has 3 nitrogen and oxygen atoms in total. The van der Waals surface area contributed by atoms with E-state index in [4.69, 9.17) is 5.73 Å². The van der Waals surface area contributed by atoms with Crippen LogP contribution in [0.25, 0.3) is 0 Å². The molecule has 2 rings (SSSR count). The number of aromatic nitrogens is 1. The van der Waals surface area contributed by atoms with Crippen molar-refractivity contribution >= 4 is 5.82 Å². The minimum atomic E-state index is 0.697. The molecule has 1 aromatic rings. The predicted molar refractivity (Wildman–Crippen MR) is 63.0 cm³/mol. The number of hydrogen-bond donors (Lipinski definition) is 1. The molecule has 1 atom stereocenters. The van der Waals surface area contributed by atoms with Crippen molar-refractivity contribution in [3.63, 3.8) is 0 Å². The molecule has 2 N–H and O–H groups in total. The lowest BCUT2D eigenvalue weighted by atomic mass is 10.1. The fourth-order valence-corrected chi connectivity index (χ4v) is 2.19. The second-order valence-corrected chi connectivity index (χ2v) is 4.36. The Morgan fingerprint density at radius 3 is 3.13 bits per heavy atom. The molecule has 1 fully saturated rings. The number of anilines is 1. The van der Waals surface area contributed by atoms with E-state index in [-0.39, 0.29) is 0 Å². The van der Waals surface area contributed by atoms with Gasteiger partial charge in [0.1, 0.15) is 5.82 Å². The van der Waals surface area contributed by atoms with E-state index in [1.54, 1.807) is 0 Å². The number of pyridine rings is 1. The fourth-order valence-electron chi connectivity index (χ4n) is 2.19. The van der Waals surface area contributed by atoms with Gasteiger partial charge in [-0.1, -0.05) is 13.0 Å². The van der Waals surface area contributed by atoms with Gasteiger partial charge in [0, 0.05) is 19.3 Å². The molecule has 0 saturated carbocycles. The molecule has 3 heteroatoms. The zero-order valence-corrected chi connectivity index (χ0v) is 9.32. The van der Waals surface area contributed by atoms with Crippen molar-refractivity contribution in [2.24, 2.45) is 11.7 Å². The summed E-state index contributed by atoms with van der Waals surface area (Å²) in [5.74, 6) is 1.94. The predicted octanol–water partition coefficient (Wildman–Crippen LogP) is 1.43. The average molecular weight is 205 g/mol. The van der Waals surface area contributed by atoms with E-state index in [1.807, 2.05) is 12.3 Å². The number of hydrogen-bond acceptors (Lipinski definition) is 3. The van der Waals surface area contributed by atoms with Crippen molar-refractivity contribution < 1.29 is 0 Å². The van der Waals surface area contributed by atoms with Crippen LogP contribution in [0.2, 0.25) is 0 Å². The van der Waals surface area contributed by atoms with Crippen molar-refractivity contribution in [2.45, 2.75) is 19.8 Å². The maximum atomic E-state index is 5.61. The van der Waals surface area contributed by atoms with Crippen molar-refractivity contribution in [1.29, 1.82) is 0 Å². The largest absolute Gasteiger partial charge is 0.356 e. The Balaban J connectivity index is 2.19. The molecule has 0 spiro atoms. The maximum absolute atomic E-state index is 5.61. The van der Waals surface area contributed by atoms with Crippen molar-refractivity contribution in [1.82, 2.24) is 4.98 Å². The zero-order chi connectivity index (χ0) is 10.7. The molecule has 1 unspecified atom stereocenters. The topological polar surface area (TPSA) is 42.2 Å². The molecule has 1 aliphatic rings. The second kappa shape index (κ2) is 4.62. The van der Waals surface area contributed by atoms with Crippen LogP contribution < -0.4 is 10.6 Å². The summed E-state index contributed by atoms with van der Waals surface area (Å²) in [7, 11) is 0. The third kappa shape index (κ3) is 2.29. The van der Waals surface area contributed by atoms with Crippen LogP contribution in [-0.2, 0) is 6.42 Å². The number of rotatable bonds is 3. The van der Waals surface area contributed by atoms with Gasteiger partial charge in [0.05, 0.1) is 0 Å². The maximum Gasteiger partial charge on any atom is 0.131 e. The molecule has 1 aliphatic heterocycles. The highest BCUT2D eigenvalue weighted by molar-refractivity contribution is 5.47. The Kier molecular flexibility index (Phi) is 3.21. The molecule has 15 heavy (non-hydrogen) atoms. The lowest BCUT2D eigenvalue weighted by Crippen LogP contribution is -2.22. The minimum absolute atomic E-state index is 0.697. The summed E-state index contributed by atoms with van der Waals surface area (Å²) in [5.41, 5.74) is 6.90. The molecule has 0 aliphatic carbocycles. The fraction of sp³-hybridized carbons (Fsp3) is 0.583. The first-order valence-electron chi connectivity index (χ1n) is 5.70. The number of nitrogens with zero attached hydrogens (tertiary/aromatic N) is 2. The Morgan fingerprint density at radius 2 is 2.47 bits per heavy atom. The van der Waals surface area contributed by atoms with E-state index in [1.165, 1.54) is 12.0 Å². The molecule has 1 aromatic heterocycles. The molecule has 82 valence electrons. The van der Waals surface area contributed by atoms with E-state index in [9.17, 15) is 0 Å². The van der Waals surface area contributed by atoms with Crippen molar-refractivity contribution in [2.75, 3.05) is 24.5 Å². The summed E-state index contributed by atoms with van der Waals surface area (Å²) in [6, 6.07) is 4.13. The van der Waals surface area contributed by atoms with Crippen LogP contribution >= 0.6 is 0 Å². The smallest absolute Gasteiger partial charge is 0.131 e. The van der Waals surface area contributed by atoms with Gasteiger partial charge >= 0.3 is 0 Å². The molecule has 0 bridgehead atoms. The third-order valence-corrected chi connectivity index (χ3v) is 3.00. The van der Waals surface area contributed by atoms with Crippen LogP contribution in [0.3, 0.4) is 0 Å². The standard InChI is InChI=1S/C12H19N3/c1-10-5-8-15(9-10)12-11(4-6-13)3-2-7-14-12/h2-3,7,10H,4-6,8-9,13H2,1H3. The van der Waals surface area contributed by atoms with Gasteiger partial charge in [-0.2, -0.15) is 0 Å². The summed E-state index contributed by atoms with van der Waals surface area (Å²) in [4.78, 5) is 6.87. The first-order valence-corrected chi connectivity index (χ1v) is 5.70. The van der Waals surface area contributed by atoms with Crippen LogP contribution in [0, 0.1) is 5.92 Å². The average Bonchev–Trinajstić information content (AvgIpc) is 2.66. The van der Waals surface area contributed by atoms with Crippen LogP contribution in [0.1, 0.15) is 18.9 Å². The summed E-state index contributed by atoms with van der Waals surface area (Å²) < 4.78 is 0. The summed E-state index contributed by atoms with van der Waals surface area (Å²) in [6.45, 7) is 5.26. The van der Waals surface area contributed by atoms with Gasteiger partial charge < -0.3 is 10.6 Å². The minimum Gasteiger partial charge on any atom is -0.356 e. The highest BCUT2D eigenvalue weighted by atomic mass is 15.2. The quantitative estimate of drug-likeness (QED) is 0.811. The summed E-state index contributed by atoms with van der Waals surface area (Å²) in [6.07, 6.45) is 4.07. The van der Waals surface area contributed by atoms with Crippen LogP contribution in [0.15, 0.2) is 18.3 Å². The molecule has 0 aromatic carbocycles. The van der Waals surface area contributed by atoms with Gasteiger partial charge in [0.25, 0.3) is 0 Å². The Bertz CT molecular complexity index is 324. The zero-order valence-electron chi connectivity index (χ0n) is 9.32. The van der Waals surface area contributed by atoms with Gasteiger partial charge in [0.2, 0.25) is 0 Å². The Labute approximate surface area is 91.3 Å². The van der Waals surface area contributed by atoms with Crippen LogP contribution in [-0.4, -0.2) is 24.6 Å². The molecule has 0 radical (unpaired) electrons. The van der Waals surface area contributed by atoms with Gasteiger partial charge in [-0.05, 0) is 36.9 Å². The van der Waals surface area contributed by atoms with Crippen LogP contribution in [0.4, 0.5) is 5.82 Å². The number of nitrogens with two attached hydrogens (primary N) is 1. The van der Waals surface area contributed by atoms with E-state index < -0.39 is 0 Å².